The van der Waals surface area contributed by atoms with E-state index in [1.807, 2.05) is 35.2 Å². The summed E-state index contributed by atoms with van der Waals surface area (Å²) in [6.07, 6.45) is 0. The summed E-state index contributed by atoms with van der Waals surface area (Å²) >= 11 is 13.7. The van der Waals surface area contributed by atoms with E-state index in [1.165, 1.54) is 4.88 Å². The van der Waals surface area contributed by atoms with E-state index in [9.17, 15) is 4.79 Å². The number of nitrogens with zero attached hydrogens (tertiary/aromatic N) is 2. The number of thiophene rings is 1. The second-order valence-corrected chi connectivity index (χ2v) is 7.90. The van der Waals surface area contributed by atoms with Crippen LogP contribution in [0.15, 0.2) is 36.4 Å². The Morgan fingerprint density at radius 2 is 1.83 bits per heavy atom. The standard InChI is InChI=1S/C17H19Cl2N3OS/c18-14-3-1-2-4-15(14)20-11-17(23)22-9-7-21(8-10-22)12-13-5-6-16(19)24-13/h1-6,20H,7-12H2. The number of carbonyl (C=O) groups is 1. The van der Waals surface area contributed by atoms with Gasteiger partial charge in [0.15, 0.2) is 0 Å². The lowest BCUT2D eigenvalue weighted by Gasteiger charge is -2.34. The Hall–Kier alpha value is -1.27. The molecular weight excluding hydrogens is 365 g/mol. The zero-order chi connectivity index (χ0) is 16.9. The first-order valence-corrected chi connectivity index (χ1v) is 9.42. The highest BCUT2D eigenvalue weighted by Gasteiger charge is 2.21. The quantitative estimate of drug-likeness (QED) is 0.852. The van der Waals surface area contributed by atoms with E-state index in [0.29, 0.717) is 5.02 Å². The number of hydrogen-bond acceptors (Lipinski definition) is 4. The van der Waals surface area contributed by atoms with Crippen molar-refractivity contribution in [3.63, 3.8) is 0 Å². The predicted molar refractivity (Wildman–Crippen MR) is 101 cm³/mol. The highest BCUT2D eigenvalue weighted by atomic mass is 35.5. The van der Waals surface area contributed by atoms with Crippen LogP contribution in [0, 0.1) is 0 Å². The van der Waals surface area contributed by atoms with Gasteiger partial charge in [0.25, 0.3) is 0 Å². The van der Waals surface area contributed by atoms with Crippen LogP contribution in [0.4, 0.5) is 5.69 Å². The Kier molecular flexibility index (Phi) is 6.00. The Balaban J connectivity index is 1.44. The van der Waals surface area contributed by atoms with Crippen LogP contribution >= 0.6 is 34.5 Å². The number of nitrogens with one attached hydrogen (secondary N) is 1. The van der Waals surface area contributed by atoms with Gasteiger partial charge in [0.1, 0.15) is 0 Å². The molecule has 7 heteroatoms. The lowest BCUT2D eigenvalue weighted by atomic mass is 10.3. The molecule has 0 aliphatic carbocycles. The van der Waals surface area contributed by atoms with Crippen molar-refractivity contribution >= 4 is 46.1 Å². The summed E-state index contributed by atoms with van der Waals surface area (Å²) < 4.78 is 0.824. The van der Waals surface area contributed by atoms with Gasteiger partial charge in [-0.2, -0.15) is 0 Å². The van der Waals surface area contributed by atoms with Gasteiger partial charge in [-0.25, -0.2) is 0 Å². The van der Waals surface area contributed by atoms with Gasteiger partial charge in [-0.3, -0.25) is 9.69 Å². The minimum Gasteiger partial charge on any atom is -0.375 e. The van der Waals surface area contributed by atoms with Crippen LogP contribution in [0.25, 0.3) is 0 Å². The highest BCUT2D eigenvalue weighted by Crippen LogP contribution is 2.23. The molecule has 1 aromatic heterocycles. The first-order chi connectivity index (χ1) is 11.6. The van der Waals surface area contributed by atoms with Gasteiger partial charge in [0, 0.05) is 37.6 Å². The van der Waals surface area contributed by atoms with Crippen molar-refractivity contribution in [3.05, 3.63) is 50.6 Å². The third kappa shape index (κ3) is 4.63. The third-order valence-corrected chi connectivity index (χ3v) is 5.58. The monoisotopic (exact) mass is 383 g/mol. The zero-order valence-electron chi connectivity index (χ0n) is 13.2. The topological polar surface area (TPSA) is 35.6 Å². The smallest absolute Gasteiger partial charge is 0.241 e. The van der Waals surface area contributed by atoms with Crippen molar-refractivity contribution in [2.45, 2.75) is 6.54 Å². The number of para-hydroxylation sites is 1. The van der Waals surface area contributed by atoms with Crippen LogP contribution in [-0.4, -0.2) is 48.4 Å². The van der Waals surface area contributed by atoms with E-state index in [4.69, 9.17) is 23.2 Å². The summed E-state index contributed by atoms with van der Waals surface area (Å²) in [6.45, 7) is 4.44. The molecule has 24 heavy (non-hydrogen) atoms. The maximum atomic E-state index is 12.3. The summed E-state index contributed by atoms with van der Waals surface area (Å²) in [4.78, 5) is 17.9. The Bertz CT molecular complexity index is 699. The number of hydrogen-bond donors (Lipinski definition) is 1. The van der Waals surface area contributed by atoms with Gasteiger partial charge in [-0.1, -0.05) is 35.3 Å². The van der Waals surface area contributed by atoms with E-state index in [2.05, 4.69) is 16.3 Å². The molecule has 0 spiro atoms. The number of amides is 1. The molecule has 1 saturated heterocycles. The molecule has 3 rings (SSSR count). The molecule has 1 aromatic carbocycles. The lowest BCUT2D eigenvalue weighted by Crippen LogP contribution is -2.49. The van der Waals surface area contributed by atoms with Crippen molar-refractivity contribution in [2.24, 2.45) is 0 Å². The molecule has 2 heterocycles. The Labute approximate surface area is 156 Å². The van der Waals surface area contributed by atoms with Crippen molar-refractivity contribution < 1.29 is 4.79 Å². The van der Waals surface area contributed by atoms with E-state index >= 15 is 0 Å². The van der Waals surface area contributed by atoms with Crippen molar-refractivity contribution in [3.8, 4) is 0 Å². The molecule has 2 aromatic rings. The number of anilines is 1. The van der Waals surface area contributed by atoms with Gasteiger partial charge >= 0.3 is 0 Å². The van der Waals surface area contributed by atoms with Crippen LogP contribution in [0.2, 0.25) is 9.36 Å². The highest BCUT2D eigenvalue weighted by molar-refractivity contribution is 7.16. The van der Waals surface area contributed by atoms with Crippen molar-refractivity contribution in [1.82, 2.24) is 9.80 Å². The van der Waals surface area contributed by atoms with Gasteiger partial charge in [-0.15, -0.1) is 11.3 Å². The largest absolute Gasteiger partial charge is 0.375 e. The molecule has 0 saturated carbocycles. The number of rotatable bonds is 5. The molecular formula is C17H19Cl2N3OS. The maximum Gasteiger partial charge on any atom is 0.241 e. The van der Waals surface area contributed by atoms with Gasteiger partial charge in [0.2, 0.25) is 5.91 Å². The average Bonchev–Trinajstić information content (AvgIpc) is 2.99. The van der Waals surface area contributed by atoms with Crippen LogP contribution < -0.4 is 5.32 Å². The number of carbonyl (C=O) groups excluding carboxylic acids is 1. The minimum absolute atomic E-state index is 0.105. The van der Waals surface area contributed by atoms with E-state index in [-0.39, 0.29) is 12.5 Å². The molecule has 0 radical (unpaired) electrons. The van der Waals surface area contributed by atoms with Crippen LogP contribution in [-0.2, 0) is 11.3 Å². The fourth-order valence-electron chi connectivity index (χ4n) is 2.70. The normalized spacial score (nSPS) is 15.5. The fourth-order valence-corrected chi connectivity index (χ4v) is 4.03. The predicted octanol–water partition coefficient (Wildman–Crippen LogP) is 3.81. The van der Waals surface area contributed by atoms with Crippen LogP contribution in [0.3, 0.4) is 0 Å². The molecule has 128 valence electrons. The first-order valence-electron chi connectivity index (χ1n) is 7.84. The third-order valence-electron chi connectivity index (χ3n) is 4.04. The van der Waals surface area contributed by atoms with Crippen LogP contribution in [0.5, 0.6) is 0 Å². The Morgan fingerprint density at radius 3 is 2.50 bits per heavy atom. The molecule has 4 nitrogen and oxygen atoms in total. The second-order valence-electron chi connectivity index (χ2n) is 5.70. The van der Waals surface area contributed by atoms with E-state index in [1.54, 1.807) is 11.3 Å². The van der Waals surface area contributed by atoms with E-state index < -0.39 is 0 Å². The summed E-state index contributed by atoms with van der Waals surface area (Å²) in [7, 11) is 0. The fraction of sp³-hybridized carbons (Fsp3) is 0.353. The van der Waals surface area contributed by atoms with Gasteiger partial charge < -0.3 is 10.2 Å². The minimum atomic E-state index is 0.105. The SMILES string of the molecule is O=C(CNc1ccccc1Cl)N1CCN(Cc2ccc(Cl)s2)CC1. The molecule has 1 fully saturated rings. The molecule has 1 amide bonds. The number of halogens is 2. The summed E-state index contributed by atoms with van der Waals surface area (Å²) in [5.41, 5.74) is 0.792. The average molecular weight is 384 g/mol. The number of piperazine rings is 1. The summed E-state index contributed by atoms with van der Waals surface area (Å²) in [5, 5.41) is 3.74. The van der Waals surface area contributed by atoms with Crippen LogP contribution in [0.1, 0.15) is 4.88 Å². The zero-order valence-corrected chi connectivity index (χ0v) is 15.5. The second kappa shape index (κ2) is 8.21. The van der Waals surface area contributed by atoms with E-state index in [0.717, 1.165) is 42.7 Å². The maximum absolute atomic E-state index is 12.3. The number of benzene rings is 1. The summed E-state index contributed by atoms with van der Waals surface area (Å²) in [6, 6.07) is 11.5. The molecule has 1 aliphatic heterocycles. The molecule has 1 aliphatic rings. The van der Waals surface area contributed by atoms with Crippen molar-refractivity contribution in [2.75, 3.05) is 38.0 Å². The molecule has 0 unspecified atom stereocenters. The Morgan fingerprint density at radius 1 is 1.08 bits per heavy atom. The summed E-state index contributed by atoms with van der Waals surface area (Å²) in [5.74, 6) is 0.105. The molecule has 0 atom stereocenters. The molecule has 0 bridgehead atoms. The van der Waals surface area contributed by atoms with Gasteiger partial charge in [0.05, 0.1) is 21.6 Å². The molecule has 1 N–H and O–H groups in total. The van der Waals surface area contributed by atoms with Gasteiger partial charge in [-0.05, 0) is 24.3 Å². The first kappa shape index (κ1) is 17.5. The van der Waals surface area contributed by atoms with Crippen molar-refractivity contribution in [1.29, 1.82) is 0 Å². The lowest BCUT2D eigenvalue weighted by molar-refractivity contribution is -0.131.